The van der Waals surface area contributed by atoms with E-state index in [-0.39, 0.29) is 17.1 Å². The summed E-state index contributed by atoms with van der Waals surface area (Å²) in [7, 11) is 0. The molecule has 0 radical (unpaired) electrons. The summed E-state index contributed by atoms with van der Waals surface area (Å²) in [5, 5.41) is 0. The van der Waals surface area contributed by atoms with Crippen molar-refractivity contribution in [2.24, 2.45) is 0 Å². The number of rotatable bonds is 7. The minimum absolute atomic E-state index is 0.121. The molecule has 146 valence electrons. The number of carbonyl (C=O) groups excluding carboxylic acids is 3. The fraction of sp³-hybridized carbons (Fsp3) is 0.160. The van der Waals surface area contributed by atoms with Crippen LogP contribution in [0.4, 0.5) is 0 Å². The molecule has 3 aromatic rings. The lowest BCUT2D eigenvalue weighted by Gasteiger charge is -2.13. The van der Waals surface area contributed by atoms with Crippen LogP contribution in [0.15, 0.2) is 78.9 Å². The largest absolute Gasteiger partial charge is 0.451 e. The first-order valence-corrected chi connectivity index (χ1v) is 9.53. The van der Waals surface area contributed by atoms with Crippen molar-refractivity contribution in [1.29, 1.82) is 0 Å². The molecule has 0 saturated carbocycles. The van der Waals surface area contributed by atoms with E-state index >= 15 is 0 Å². The number of ether oxygens (including phenoxy) is 1. The average molecular weight is 386 g/mol. The van der Waals surface area contributed by atoms with Crippen molar-refractivity contribution in [2.75, 3.05) is 0 Å². The predicted octanol–water partition coefficient (Wildman–Crippen LogP) is 4.91. The third-order valence-electron chi connectivity index (χ3n) is 4.72. The lowest BCUT2D eigenvalue weighted by molar-refractivity contribution is 0.0318. The Bertz CT molecular complexity index is 1000. The molecule has 0 aliphatic heterocycles. The van der Waals surface area contributed by atoms with E-state index in [2.05, 4.69) is 0 Å². The summed E-state index contributed by atoms with van der Waals surface area (Å²) < 4.78 is 5.32. The Hall–Kier alpha value is -3.53. The lowest BCUT2D eigenvalue weighted by atomic mass is 10.0. The van der Waals surface area contributed by atoms with E-state index in [9.17, 15) is 14.4 Å². The van der Waals surface area contributed by atoms with Gasteiger partial charge in [-0.3, -0.25) is 9.59 Å². The van der Waals surface area contributed by atoms with Gasteiger partial charge >= 0.3 is 5.97 Å². The maximum Gasteiger partial charge on any atom is 0.338 e. The summed E-state index contributed by atoms with van der Waals surface area (Å²) in [4.78, 5) is 37.3. The molecule has 0 aliphatic rings. The third kappa shape index (κ3) is 4.85. The van der Waals surface area contributed by atoms with Crippen molar-refractivity contribution >= 4 is 17.5 Å². The van der Waals surface area contributed by atoms with E-state index in [4.69, 9.17) is 4.74 Å². The highest BCUT2D eigenvalue weighted by molar-refractivity contribution is 6.09. The highest BCUT2D eigenvalue weighted by atomic mass is 16.5. The van der Waals surface area contributed by atoms with Gasteiger partial charge in [0, 0.05) is 16.7 Å². The minimum Gasteiger partial charge on any atom is -0.451 e. The van der Waals surface area contributed by atoms with Crippen LogP contribution in [-0.2, 0) is 11.2 Å². The SMILES string of the molecule is CCc1ccc(C(=O)[C@@H](C)OC(=O)c2ccc(C(=O)c3ccccc3)cc2)cc1. The molecule has 0 fully saturated rings. The molecular formula is C25H22O4. The molecule has 0 aromatic heterocycles. The maximum absolute atomic E-state index is 12.5. The number of ketones is 2. The Morgan fingerprint density at radius 2 is 1.24 bits per heavy atom. The molecule has 29 heavy (non-hydrogen) atoms. The Morgan fingerprint density at radius 1 is 0.724 bits per heavy atom. The molecule has 1 atom stereocenters. The molecule has 0 bridgehead atoms. The highest BCUT2D eigenvalue weighted by Gasteiger charge is 2.20. The van der Waals surface area contributed by atoms with Crippen LogP contribution < -0.4 is 0 Å². The average Bonchev–Trinajstić information content (AvgIpc) is 2.78. The predicted molar refractivity (Wildman–Crippen MR) is 111 cm³/mol. The number of hydrogen-bond donors (Lipinski definition) is 0. The van der Waals surface area contributed by atoms with Gasteiger partial charge in [0.15, 0.2) is 11.9 Å². The lowest BCUT2D eigenvalue weighted by Crippen LogP contribution is -2.24. The Balaban J connectivity index is 1.65. The summed E-state index contributed by atoms with van der Waals surface area (Å²) in [5.41, 5.74) is 2.99. The minimum atomic E-state index is -0.902. The normalized spacial score (nSPS) is 11.5. The van der Waals surface area contributed by atoms with Crippen LogP contribution in [0.25, 0.3) is 0 Å². The molecular weight excluding hydrogens is 364 g/mol. The van der Waals surface area contributed by atoms with E-state index in [1.807, 2.05) is 25.1 Å². The van der Waals surface area contributed by atoms with E-state index < -0.39 is 12.1 Å². The highest BCUT2D eigenvalue weighted by Crippen LogP contribution is 2.14. The quantitative estimate of drug-likeness (QED) is 0.428. The van der Waals surface area contributed by atoms with Gasteiger partial charge in [0.25, 0.3) is 0 Å². The molecule has 0 aliphatic carbocycles. The van der Waals surface area contributed by atoms with Crippen LogP contribution in [0.1, 0.15) is 56.0 Å². The van der Waals surface area contributed by atoms with Crippen molar-refractivity contribution in [3.05, 3.63) is 107 Å². The number of Topliss-reactive ketones (excluding diaryl/α,β-unsaturated/α-hetero) is 1. The summed E-state index contributed by atoms with van der Waals surface area (Å²) in [6.45, 7) is 3.60. The first kappa shape index (κ1) is 20.2. The topological polar surface area (TPSA) is 60.4 Å². The van der Waals surface area contributed by atoms with Gasteiger partial charge in [0.2, 0.25) is 5.78 Å². The zero-order valence-electron chi connectivity index (χ0n) is 16.4. The van der Waals surface area contributed by atoms with Crippen molar-refractivity contribution in [2.45, 2.75) is 26.4 Å². The zero-order valence-corrected chi connectivity index (χ0v) is 16.4. The van der Waals surface area contributed by atoms with Gasteiger partial charge in [-0.1, -0.05) is 73.7 Å². The molecule has 0 heterocycles. The monoisotopic (exact) mass is 386 g/mol. The Morgan fingerprint density at radius 3 is 1.83 bits per heavy atom. The van der Waals surface area contributed by atoms with Gasteiger partial charge in [-0.05, 0) is 31.0 Å². The Kier molecular flexibility index (Phi) is 6.35. The summed E-state index contributed by atoms with van der Waals surface area (Å²) >= 11 is 0. The van der Waals surface area contributed by atoms with Crippen LogP contribution in [0.5, 0.6) is 0 Å². The van der Waals surface area contributed by atoms with Gasteiger partial charge in [-0.2, -0.15) is 0 Å². The van der Waals surface area contributed by atoms with Crippen LogP contribution in [0.2, 0.25) is 0 Å². The van der Waals surface area contributed by atoms with E-state index in [1.54, 1.807) is 55.5 Å². The Labute approximate surface area is 170 Å². The van der Waals surface area contributed by atoms with Crippen molar-refractivity contribution in [1.82, 2.24) is 0 Å². The van der Waals surface area contributed by atoms with Crippen molar-refractivity contribution in [3.8, 4) is 0 Å². The number of aryl methyl sites for hydroxylation is 1. The van der Waals surface area contributed by atoms with E-state index in [1.165, 1.54) is 12.1 Å². The molecule has 3 rings (SSSR count). The van der Waals surface area contributed by atoms with Crippen LogP contribution in [0, 0.1) is 0 Å². The van der Waals surface area contributed by atoms with E-state index in [0.717, 1.165) is 12.0 Å². The second-order valence-electron chi connectivity index (χ2n) is 6.73. The molecule has 0 saturated heterocycles. The molecule has 3 aromatic carbocycles. The number of hydrogen-bond acceptors (Lipinski definition) is 4. The van der Waals surface area contributed by atoms with Crippen molar-refractivity contribution in [3.63, 3.8) is 0 Å². The zero-order chi connectivity index (χ0) is 20.8. The molecule has 0 N–H and O–H groups in total. The first-order chi connectivity index (χ1) is 14.0. The van der Waals surface area contributed by atoms with Gasteiger partial charge in [-0.15, -0.1) is 0 Å². The summed E-state index contributed by atoms with van der Waals surface area (Å²) in [6.07, 6.45) is -0.0116. The van der Waals surface area contributed by atoms with Gasteiger partial charge in [0.1, 0.15) is 0 Å². The molecule has 0 amide bonds. The number of benzene rings is 3. The molecule has 4 nitrogen and oxygen atoms in total. The van der Waals surface area contributed by atoms with Gasteiger partial charge < -0.3 is 4.74 Å². The number of esters is 1. The molecule has 0 spiro atoms. The fourth-order valence-corrected chi connectivity index (χ4v) is 2.94. The standard InChI is InChI=1S/C25H22O4/c1-3-18-9-11-20(12-10-18)23(26)17(2)29-25(28)22-15-13-21(14-16-22)24(27)19-7-5-4-6-8-19/h4-17H,3H2,1-2H3/t17-/m1/s1. The fourth-order valence-electron chi connectivity index (χ4n) is 2.94. The third-order valence-corrected chi connectivity index (χ3v) is 4.72. The van der Waals surface area contributed by atoms with Gasteiger partial charge in [0.05, 0.1) is 5.56 Å². The summed E-state index contributed by atoms with van der Waals surface area (Å²) in [6, 6.07) is 22.4. The maximum atomic E-state index is 12.5. The van der Waals surface area contributed by atoms with Crippen LogP contribution >= 0.6 is 0 Å². The van der Waals surface area contributed by atoms with Crippen molar-refractivity contribution < 1.29 is 19.1 Å². The van der Waals surface area contributed by atoms with Gasteiger partial charge in [-0.25, -0.2) is 4.79 Å². The molecule has 4 heteroatoms. The molecule has 0 unspecified atom stereocenters. The van der Waals surface area contributed by atoms with E-state index in [0.29, 0.717) is 16.7 Å². The smallest absolute Gasteiger partial charge is 0.338 e. The number of carbonyl (C=O) groups is 3. The second-order valence-corrected chi connectivity index (χ2v) is 6.73. The second kappa shape index (κ2) is 9.11. The summed E-state index contributed by atoms with van der Waals surface area (Å²) in [5.74, 6) is -0.976. The van der Waals surface area contributed by atoms with Crippen LogP contribution in [-0.4, -0.2) is 23.6 Å². The van der Waals surface area contributed by atoms with Crippen LogP contribution in [0.3, 0.4) is 0 Å². The first-order valence-electron chi connectivity index (χ1n) is 9.53.